The van der Waals surface area contributed by atoms with Crippen LogP contribution in [0.2, 0.25) is 0 Å². The lowest BCUT2D eigenvalue weighted by Crippen LogP contribution is -2.50. The van der Waals surface area contributed by atoms with Crippen molar-refractivity contribution in [1.29, 1.82) is 0 Å². The van der Waals surface area contributed by atoms with Gasteiger partial charge in [0.25, 0.3) is 0 Å². The van der Waals surface area contributed by atoms with Gasteiger partial charge in [0.05, 0.1) is 18.3 Å². The van der Waals surface area contributed by atoms with E-state index in [1.807, 2.05) is 20.8 Å². The molecule has 4 heteroatoms. The molecule has 1 rings (SSSR count). The van der Waals surface area contributed by atoms with E-state index in [9.17, 15) is 5.11 Å². The number of aliphatic hydroxyl groups excluding tert-OH is 1. The lowest BCUT2D eigenvalue weighted by atomic mass is 9.92. The molecule has 0 saturated carbocycles. The van der Waals surface area contributed by atoms with Crippen LogP contribution in [-0.2, 0) is 9.47 Å². The summed E-state index contributed by atoms with van der Waals surface area (Å²) in [6.45, 7) is 10.7. The maximum atomic E-state index is 9.84. The molecule has 1 heterocycles. The average molecular weight is 245 g/mol. The monoisotopic (exact) mass is 245 g/mol. The highest BCUT2D eigenvalue weighted by atomic mass is 16.5. The fourth-order valence-corrected chi connectivity index (χ4v) is 1.77. The van der Waals surface area contributed by atoms with Gasteiger partial charge in [-0.3, -0.25) is 0 Å². The summed E-state index contributed by atoms with van der Waals surface area (Å²) in [4.78, 5) is 0. The zero-order valence-electron chi connectivity index (χ0n) is 11.6. The van der Waals surface area contributed by atoms with E-state index in [1.165, 1.54) is 0 Å². The molecular weight excluding hydrogens is 218 g/mol. The van der Waals surface area contributed by atoms with Crippen LogP contribution < -0.4 is 5.32 Å². The van der Waals surface area contributed by atoms with Gasteiger partial charge in [0, 0.05) is 25.3 Å². The molecule has 0 radical (unpaired) electrons. The predicted molar refractivity (Wildman–Crippen MR) is 68.2 cm³/mol. The molecular formula is C13H27NO3. The number of rotatable bonds is 5. The quantitative estimate of drug-likeness (QED) is 0.767. The van der Waals surface area contributed by atoms with Crippen LogP contribution in [0.3, 0.4) is 0 Å². The van der Waals surface area contributed by atoms with Crippen molar-refractivity contribution in [3.05, 3.63) is 0 Å². The minimum atomic E-state index is -0.450. The van der Waals surface area contributed by atoms with E-state index < -0.39 is 6.10 Å². The van der Waals surface area contributed by atoms with Crippen molar-refractivity contribution >= 4 is 0 Å². The Hall–Kier alpha value is -0.160. The molecule has 1 unspecified atom stereocenters. The van der Waals surface area contributed by atoms with E-state index in [1.54, 1.807) is 0 Å². The molecule has 1 aliphatic rings. The zero-order valence-corrected chi connectivity index (χ0v) is 11.6. The van der Waals surface area contributed by atoms with E-state index >= 15 is 0 Å². The summed E-state index contributed by atoms with van der Waals surface area (Å²) in [5.74, 6) is 0. The van der Waals surface area contributed by atoms with Gasteiger partial charge >= 0.3 is 0 Å². The van der Waals surface area contributed by atoms with Gasteiger partial charge in [0.2, 0.25) is 0 Å². The van der Waals surface area contributed by atoms with E-state index in [4.69, 9.17) is 9.47 Å². The molecule has 0 aromatic heterocycles. The first-order valence-corrected chi connectivity index (χ1v) is 6.46. The predicted octanol–water partition coefficient (Wildman–Crippen LogP) is 1.32. The molecule has 2 N–H and O–H groups in total. The second-order valence-corrected chi connectivity index (χ2v) is 6.13. The van der Waals surface area contributed by atoms with Crippen molar-refractivity contribution in [2.45, 2.75) is 57.8 Å². The van der Waals surface area contributed by atoms with Crippen LogP contribution in [0.1, 0.15) is 40.5 Å². The van der Waals surface area contributed by atoms with Crippen molar-refractivity contribution < 1.29 is 14.6 Å². The molecule has 1 saturated heterocycles. The summed E-state index contributed by atoms with van der Waals surface area (Å²) in [5.41, 5.74) is -0.0927. The summed E-state index contributed by atoms with van der Waals surface area (Å²) in [6.07, 6.45) is 1.55. The van der Waals surface area contributed by atoms with E-state index in [0.29, 0.717) is 13.2 Å². The third kappa shape index (κ3) is 6.36. The van der Waals surface area contributed by atoms with Gasteiger partial charge < -0.3 is 19.9 Å². The normalized spacial score (nSPS) is 22.4. The molecule has 17 heavy (non-hydrogen) atoms. The molecule has 1 fully saturated rings. The molecule has 1 aliphatic heterocycles. The molecule has 0 spiro atoms. The van der Waals surface area contributed by atoms with Gasteiger partial charge in [-0.1, -0.05) is 0 Å². The first kappa shape index (κ1) is 14.9. The van der Waals surface area contributed by atoms with Crippen molar-refractivity contribution in [3.8, 4) is 0 Å². The zero-order chi connectivity index (χ0) is 12.9. The van der Waals surface area contributed by atoms with Crippen molar-refractivity contribution in [1.82, 2.24) is 5.32 Å². The van der Waals surface area contributed by atoms with Crippen LogP contribution in [-0.4, -0.2) is 48.7 Å². The first-order valence-electron chi connectivity index (χ1n) is 6.46. The van der Waals surface area contributed by atoms with Crippen molar-refractivity contribution in [3.63, 3.8) is 0 Å². The molecule has 0 amide bonds. The van der Waals surface area contributed by atoms with E-state index in [-0.39, 0.29) is 11.1 Å². The summed E-state index contributed by atoms with van der Waals surface area (Å²) in [7, 11) is 0. The molecule has 0 aliphatic carbocycles. The maximum absolute atomic E-state index is 9.84. The Labute approximate surface area is 105 Å². The highest BCUT2D eigenvalue weighted by Crippen LogP contribution is 2.19. The second-order valence-electron chi connectivity index (χ2n) is 6.13. The Morgan fingerprint density at radius 2 is 1.94 bits per heavy atom. The van der Waals surface area contributed by atoms with Gasteiger partial charge in [0.15, 0.2) is 0 Å². The Bertz CT molecular complexity index is 219. The molecule has 1 atom stereocenters. The molecule has 4 nitrogen and oxygen atoms in total. The maximum Gasteiger partial charge on any atom is 0.0898 e. The lowest BCUT2D eigenvalue weighted by Gasteiger charge is -2.35. The summed E-state index contributed by atoms with van der Waals surface area (Å²) in [5, 5.41) is 13.3. The van der Waals surface area contributed by atoms with Crippen LogP contribution in [0.25, 0.3) is 0 Å². The van der Waals surface area contributed by atoms with Crippen LogP contribution in [0.15, 0.2) is 0 Å². The lowest BCUT2D eigenvalue weighted by molar-refractivity contribution is -0.0510. The van der Waals surface area contributed by atoms with E-state index in [0.717, 1.165) is 26.1 Å². The van der Waals surface area contributed by atoms with Gasteiger partial charge in [-0.05, 0) is 40.5 Å². The third-order valence-electron chi connectivity index (χ3n) is 3.07. The number of nitrogens with one attached hydrogen (secondary N) is 1. The molecule has 0 aromatic carbocycles. The number of hydrogen-bond donors (Lipinski definition) is 2. The van der Waals surface area contributed by atoms with Gasteiger partial charge in [-0.25, -0.2) is 0 Å². The number of β-amino-alcohol motifs (C(OH)–C–C–N with tert-alkyl or cyclic N) is 1. The third-order valence-corrected chi connectivity index (χ3v) is 3.07. The SMILES string of the molecule is CC1(NCC(O)COC(C)(C)C)CCOCC1. The first-order chi connectivity index (χ1) is 7.81. The van der Waals surface area contributed by atoms with Crippen LogP contribution in [0.5, 0.6) is 0 Å². The number of ether oxygens (including phenoxy) is 2. The van der Waals surface area contributed by atoms with Crippen molar-refractivity contribution in [2.75, 3.05) is 26.4 Å². The highest BCUT2D eigenvalue weighted by Gasteiger charge is 2.27. The Balaban J connectivity index is 2.20. The standard InChI is InChI=1S/C13H27NO3/c1-12(2,3)17-10-11(15)9-14-13(4)5-7-16-8-6-13/h11,14-15H,5-10H2,1-4H3. The molecule has 0 bridgehead atoms. The van der Waals surface area contributed by atoms with E-state index in [2.05, 4.69) is 12.2 Å². The minimum Gasteiger partial charge on any atom is -0.389 e. The summed E-state index contributed by atoms with van der Waals surface area (Å²) < 4.78 is 10.9. The summed E-state index contributed by atoms with van der Waals surface area (Å²) in [6, 6.07) is 0. The smallest absolute Gasteiger partial charge is 0.0898 e. The topological polar surface area (TPSA) is 50.7 Å². The Morgan fingerprint density at radius 1 is 1.35 bits per heavy atom. The minimum absolute atomic E-state index is 0.0982. The Kier molecular flexibility index (Phi) is 5.38. The number of hydrogen-bond acceptors (Lipinski definition) is 4. The number of aliphatic hydroxyl groups is 1. The fourth-order valence-electron chi connectivity index (χ4n) is 1.77. The van der Waals surface area contributed by atoms with Gasteiger partial charge in [-0.2, -0.15) is 0 Å². The largest absolute Gasteiger partial charge is 0.389 e. The van der Waals surface area contributed by atoms with Crippen molar-refractivity contribution in [2.24, 2.45) is 0 Å². The Morgan fingerprint density at radius 3 is 2.47 bits per heavy atom. The summed E-state index contributed by atoms with van der Waals surface area (Å²) >= 11 is 0. The highest BCUT2D eigenvalue weighted by molar-refractivity contribution is 4.86. The molecule has 0 aromatic rings. The van der Waals surface area contributed by atoms with Gasteiger partial charge in [-0.15, -0.1) is 0 Å². The van der Waals surface area contributed by atoms with Gasteiger partial charge in [0.1, 0.15) is 0 Å². The fraction of sp³-hybridized carbons (Fsp3) is 1.00. The van der Waals surface area contributed by atoms with Crippen LogP contribution in [0.4, 0.5) is 0 Å². The average Bonchev–Trinajstić information content (AvgIpc) is 2.24. The van der Waals surface area contributed by atoms with Crippen LogP contribution >= 0.6 is 0 Å². The second kappa shape index (κ2) is 6.14. The molecule has 102 valence electrons. The van der Waals surface area contributed by atoms with Crippen LogP contribution in [0, 0.1) is 0 Å².